The van der Waals surface area contributed by atoms with Gasteiger partial charge in [0.1, 0.15) is 36.1 Å². The highest BCUT2D eigenvalue weighted by Gasteiger charge is 2.45. The second-order valence-electron chi connectivity index (χ2n) is 12.0. The molecule has 6 rings (SSSR count). The molecule has 0 saturated heterocycles. The van der Waals surface area contributed by atoms with Gasteiger partial charge in [0.2, 0.25) is 11.9 Å². The Labute approximate surface area is 263 Å². The third kappa shape index (κ3) is 6.54. The average molecular weight is 620 g/mol. The van der Waals surface area contributed by atoms with Gasteiger partial charge in [-0.25, -0.2) is 0 Å². The molecule has 45 heavy (non-hydrogen) atoms. The monoisotopic (exact) mass is 619 g/mol. The molecule has 3 aromatic rings. The van der Waals surface area contributed by atoms with Gasteiger partial charge in [-0.1, -0.05) is 6.58 Å². The highest BCUT2D eigenvalue weighted by atomic mass is 16.5. The maximum Gasteiger partial charge on any atom is 0.322 e. The van der Waals surface area contributed by atoms with Gasteiger partial charge in [0.25, 0.3) is 0 Å². The van der Waals surface area contributed by atoms with Gasteiger partial charge in [0.05, 0.1) is 32.8 Å². The number of anilines is 2. The number of carbonyl (C=O) groups is 1. The minimum absolute atomic E-state index is 0.0228. The van der Waals surface area contributed by atoms with Gasteiger partial charge >= 0.3 is 6.01 Å². The first-order valence-corrected chi connectivity index (χ1v) is 14.9. The third-order valence-corrected chi connectivity index (χ3v) is 7.49. The Balaban J connectivity index is 0.000000213. The summed E-state index contributed by atoms with van der Waals surface area (Å²) in [7, 11) is 4.68. The van der Waals surface area contributed by atoms with Crippen LogP contribution >= 0.6 is 0 Å². The fourth-order valence-corrected chi connectivity index (χ4v) is 5.42. The van der Waals surface area contributed by atoms with E-state index in [0.717, 1.165) is 29.0 Å². The second kappa shape index (κ2) is 12.7. The maximum absolute atomic E-state index is 13.5. The number of rotatable bonds is 7. The molecule has 1 aromatic heterocycles. The molecule has 0 saturated carbocycles. The standard InChI is InChI=1S/C23H22O6.C10H19N5O/c1-11(2)16-8-14-15(28-16)6-5-12-22(24)21-13-7-18(25-3)19(26-4)9-17(13)27-10-20(21)29-23(12)14;1-6-11-7-12-8(15-10(2,3)4)14-9(13-7)16-5/h5-7,9,16,20-21H,1,8,10H2,2-4H3;6H2,1-5H3,(H2,11,12,13,14,15)/t16-,20-,21+;/m1./s1. The van der Waals surface area contributed by atoms with Crippen molar-refractivity contribution < 1.29 is 33.2 Å². The number of nitrogens with one attached hydrogen (secondary N) is 2. The number of methoxy groups -OCH3 is 3. The molecule has 3 aliphatic rings. The molecule has 3 atom stereocenters. The van der Waals surface area contributed by atoms with Crippen molar-refractivity contribution >= 4 is 17.7 Å². The van der Waals surface area contributed by atoms with Crippen LogP contribution in [0.4, 0.5) is 11.9 Å². The molecule has 3 aliphatic heterocycles. The number of hydrogen-bond donors (Lipinski definition) is 2. The minimum Gasteiger partial charge on any atom is -0.493 e. The van der Waals surface area contributed by atoms with Crippen molar-refractivity contribution in [2.45, 2.75) is 64.7 Å². The van der Waals surface area contributed by atoms with Gasteiger partial charge in [-0.3, -0.25) is 4.79 Å². The Morgan fingerprint density at radius 2 is 1.71 bits per heavy atom. The molecule has 0 bridgehead atoms. The number of ketones is 1. The van der Waals surface area contributed by atoms with Crippen molar-refractivity contribution in [3.05, 3.63) is 53.1 Å². The molecule has 2 N–H and O–H groups in total. The van der Waals surface area contributed by atoms with Crippen LogP contribution in [0.3, 0.4) is 0 Å². The van der Waals surface area contributed by atoms with E-state index in [1.54, 1.807) is 26.4 Å². The first kappa shape index (κ1) is 31.7. The molecule has 0 spiro atoms. The molecule has 0 radical (unpaired) electrons. The highest BCUT2D eigenvalue weighted by Crippen LogP contribution is 2.49. The molecular weight excluding hydrogens is 578 g/mol. The van der Waals surface area contributed by atoms with Gasteiger partial charge in [0, 0.05) is 35.7 Å². The van der Waals surface area contributed by atoms with Crippen LogP contribution in [-0.4, -0.2) is 73.0 Å². The minimum atomic E-state index is -0.455. The Morgan fingerprint density at radius 1 is 1.00 bits per heavy atom. The number of nitrogens with zero attached hydrogens (tertiary/aromatic N) is 3. The molecule has 240 valence electrons. The van der Waals surface area contributed by atoms with E-state index >= 15 is 0 Å². The Bertz CT molecular complexity index is 1600. The Morgan fingerprint density at radius 3 is 2.36 bits per heavy atom. The van der Waals surface area contributed by atoms with E-state index in [1.165, 1.54) is 7.11 Å². The third-order valence-electron chi connectivity index (χ3n) is 7.49. The van der Waals surface area contributed by atoms with Crippen LogP contribution in [0.15, 0.2) is 36.4 Å². The normalized spacial score (nSPS) is 19.0. The predicted molar refractivity (Wildman–Crippen MR) is 170 cm³/mol. The van der Waals surface area contributed by atoms with Crippen molar-refractivity contribution in [2.24, 2.45) is 0 Å². The molecule has 0 unspecified atom stereocenters. The zero-order chi connectivity index (χ0) is 32.5. The van der Waals surface area contributed by atoms with Crippen molar-refractivity contribution in [3.63, 3.8) is 0 Å². The van der Waals surface area contributed by atoms with Crippen molar-refractivity contribution in [2.75, 3.05) is 45.1 Å². The second-order valence-corrected chi connectivity index (χ2v) is 12.0. The average Bonchev–Trinajstić information content (AvgIpc) is 3.45. The van der Waals surface area contributed by atoms with Gasteiger partial charge < -0.3 is 39.1 Å². The van der Waals surface area contributed by atoms with Gasteiger partial charge in [0.15, 0.2) is 17.3 Å². The van der Waals surface area contributed by atoms with Crippen LogP contribution < -0.4 is 39.1 Å². The maximum atomic E-state index is 13.5. The summed E-state index contributed by atoms with van der Waals surface area (Å²) in [5.74, 6) is 3.71. The van der Waals surface area contributed by atoms with Crippen LogP contribution in [0.2, 0.25) is 0 Å². The summed E-state index contributed by atoms with van der Waals surface area (Å²) >= 11 is 0. The fraction of sp³-hybridized carbons (Fsp3) is 0.455. The number of fused-ring (bicyclic) bond motifs is 6. The first-order chi connectivity index (χ1) is 21.5. The summed E-state index contributed by atoms with van der Waals surface area (Å²) in [6.07, 6.45) is 0.157. The van der Waals surface area contributed by atoms with Crippen molar-refractivity contribution in [3.8, 4) is 34.8 Å². The lowest BCUT2D eigenvalue weighted by molar-refractivity contribution is 0.0554. The van der Waals surface area contributed by atoms with Crippen LogP contribution in [0, 0.1) is 0 Å². The van der Waals surface area contributed by atoms with Crippen LogP contribution in [-0.2, 0) is 6.42 Å². The summed E-state index contributed by atoms with van der Waals surface area (Å²) in [5.41, 5.74) is 3.12. The van der Waals surface area contributed by atoms with Crippen molar-refractivity contribution in [1.29, 1.82) is 0 Å². The zero-order valence-electron chi connectivity index (χ0n) is 27.1. The van der Waals surface area contributed by atoms with Gasteiger partial charge in [-0.2, -0.15) is 15.0 Å². The lowest BCUT2D eigenvalue weighted by Crippen LogP contribution is -2.43. The molecule has 12 heteroatoms. The molecule has 0 amide bonds. The quantitative estimate of drug-likeness (QED) is 0.336. The summed E-state index contributed by atoms with van der Waals surface area (Å²) in [6.45, 7) is 15.1. The van der Waals surface area contributed by atoms with E-state index in [0.29, 0.717) is 52.9 Å². The summed E-state index contributed by atoms with van der Waals surface area (Å²) in [4.78, 5) is 25.9. The molecule has 0 fully saturated rings. The van der Waals surface area contributed by atoms with E-state index in [4.69, 9.17) is 28.4 Å². The van der Waals surface area contributed by atoms with E-state index in [-0.39, 0.29) is 24.0 Å². The number of aromatic nitrogens is 3. The van der Waals surface area contributed by atoms with Crippen LogP contribution in [0.1, 0.15) is 62.0 Å². The Kier molecular flexibility index (Phi) is 8.94. The fourth-order valence-electron chi connectivity index (χ4n) is 5.42. The number of carbonyl (C=O) groups excluding carboxylic acids is 1. The van der Waals surface area contributed by atoms with E-state index in [1.807, 2.05) is 46.8 Å². The van der Waals surface area contributed by atoms with Gasteiger partial charge in [-0.05, 0) is 58.4 Å². The molecular formula is C33H41N5O7. The SMILES string of the molecule is C=C(C)[C@H]1Cc2c(ccc3c2O[C@@H]2COc4cc(OC)c(OC)cc4[C@@H]2C3=O)O1.CCNc1nc(NC(C)(C)C)nc(OC)n1. The lowest BCUT2D eigenvalue weighted by atomic mass is 9.81. The van der Waals surface area contributed by atoms with Crippen LogP contribution in [0.5, 0.6) is 34.8 Å². The number of Topliss-reactive ketones (excluding diaryl/α,β-unsaturated/α-hetero) is 1. The Hall–Kier alpha value is -4.74. The van der Waals surface area contributed by atoms with E-state index in [9.17, 15) is 4.79 Å². The summed E-state index contributed by atoms with van der Waals surface area (Å²) < 4.78 is 34.0. The summed E-state index contributed by atoms with van der Waals surface area (Å²) in [5, 5.41) is 6.20. The molecule has 2 aromatic carbocycles. The smallest absolute Gasteiger partial charge is 0.322 e. The van der Waals surface area contributed by atoms with Crippen molar-refractivity contribution in [1.82, 2.24) is 15.0 Å². The summed E-state index contributed by atoms with van der Waals surface area (Å²) in [6, 6.07) is 7.53. The largest absolute Gasteiger partial charge is 0.493 e. The molecule has 12 nitrogen and oxygen atoms in total. The number of benzene rings is 2. The number of hydrogen-bond acceptors (Lipinski definition) is 12. The lowest BCUT2D eigenvalue weighted by Gasteiger charge is -2.37. The zero-order valence-corrected chi connectivity index (χ0v) is 27.1. The van der Waals surface area contributed by atoms with E-state index < -0.39 is 12.0 Å². The molecule has 0 aliphatic carbocycles. The number of ether oxygens (including phenoxy) is 6. The predicted octanol–water partition coefficient (Wildman–Crippen LogP) is 5.23. The van der Waals surface area contributed by atoms with Gasteiger partial charge in [-0.15, -0.1) is 0 Å². The topological polar surface area (TPSA) is 135 Å². The van der Waals surface area contributed by atoms with E-state index in [2.05, 4.69) is 32.2 Å². The molecule has 4 heterocycles. The first-order valence-electron chi connectivity index (χ1n) is 14.9. The van der Waals surface area contributed by atoms with Crippen LogP contribution in [0.25, 0.3) is 0 Å². The highest BCUT2D eigenvalue weighted by molar-refractivity contribution is 6.06.